The molecule has 0 radical (unpaired) electrons. The standard InChI is InChI=1S/C21H17F2N3O2/c22-15-8-4-13(5-9-15)21(14-6-10-16(23)11-7-14)18(12-27)25-20(26-21)17-2-1-3-19(28)24-17/h1-11,18,27H,12H2,(H,24,28)(H,25,26)/t18-/m0/s1. The Morgan fingerprint density at radius 2 is 1.50 bits per heavy atom. The summed E-state index contributed by atoms with van der Waals surface area (Å²) in [7, 11) is 0. The molecule has 7 heteroatoms. The fraction of sp³-hybridized carbons (Fsp3) is 0.143. The quantitative estimate of drug-likeness (QED) is 0.649. The summed E-state index contributed by atoms with van der Waals surface area (Å²) in [6.07, 6.45) is 0. The van der Waals surface area contributed by atoms with Crippen molar-refractivity contribution in [1.82, 2.24) is 10.3 Å². The van der Waals surface area contributed by atoms with E-state index in [1.54, 1.807) is 36.4 Å². The van der Waals surface area contributed by atoms with E-state index >= 15 is 0 Å². The van der Waals surface area contributed by atoms with Crippen LogP contribution in [0.5, 0.6) is 0 Å². The van der Waals surface area contributed by atoms with E-state index in [-0.39, 0.29) is 12.2 Å². The summed E-state index contributed by atoms with van der Waals surface area (Å²) in [5.41, 5.74) is 0.409. The van der Waals surface area contributed by atoms with Gasteiger partial charge in [-0.15, -0.1) is 0 Å². The summed E-state index contributed by atoms with van der Waals surface area (Å²) in [5.74, 6) is -0.416. The molecule has 2 heterocycles. The fourth-order valence-electron chi connectivity index (χ4n) is 3.58. The molecule has 0 bridgehead atoms. The van der Waals surface area contributed by atoms with Crippen LogP contribution in [-0.2, 0) is 5.54 Å². The van der Waals surface area contributed by atoms with Crippen LogP contribution in [0.25, 0.3) is 0 Å². The van der Waals surface area contributed by atoms with Crippen LogP contribution in [0.2, 0.25) is 0 Å². The van der Waals surface area contributed by atoms with Crippen LogP contribution in [0.3, 0.4) is 0 Å². The number of aliphatic imine (C=N–C) groups is 1. The van der Waals surface area contributed by atoms with Crippen LogP contribution >= 0.6 is 0 Å². The Labute approximate surface area is 159 Å². The van der Waals surface area contributed by atoms with Gasteiger partial charge in [-0.3, -0.25) is 9.79 Å². The predicted molar refractivity (Wildman–Crippen MR) is 101 cm³/mol. The Morgan fingerprint density at radius 3 is 2.00 bits per heavy atom. The van der Waals surface area contributed by atoms with E-state index < -0.39 is 23.2 Å². The second-order valence-electron chi connectivity index (χ2n) is 6.55. The van der Waals surface area contributed by atoms with Gasteiger partial charge < -0.3 is 15.4 Å². The number of benzene rings is 2. The number of H-pyrrole nitrogens is 1. The van der Waals surface area contributed by atoms with Crippen molar-refractivity contribution < 1.29 is 13.9 Å². The number of aromatic amines is 1. The number of amidine groups is 1. The molecule has 142 valence electrons. The van der Waals surface area contributed by atoms with E-state index in [4.69, 9.17) is 0 Å². The van der Waals surface area contributed by atoms with Gasteiger partial charge in [0, 0.05) is 6.07 Å². The van der Waals surface area contributed by atoms with E-state index in [0.717, 1.165) is 0 Å². The third-order valence-electron chi connectivity index (χ3n) is 4.90. The molecule has 0 unspecified atom stereocenters. The zero-order valence-corrected chi connectivity index (χ0v) is 14.7. The Bertz CT molecular complexity index is 1030. The van der Waals surface area contributed by atoms with Gasteiger partial charge in [0.05, 0.1) is 12.3 Å². The second kappa shape index (κ2) is 7.01. The maximum Gasteiger partial charge on any atom is 0.248 e. The molecule has 0 aliphatic carbocycles. The van der Waals surface area contributed by atoms with Crippen LogP contribution in [0, 0.1) is 11.6 Å². The summed E-state index contributed by atoms with van der Waals surface area (Å²) < 4.78 is 27.1. The topological polar surface area (TPSA) is 77.5 Å². The van der Waals surface area contributed by atoms with Gasteiger partial charge >= 0.3 is 0 Å². The first-order valence-corrected chi connectivity index (χ1v) is 8.71. The van der Waals surface area contributed by atoms with Gasteiger partial charge in [0.1, 0.15) is 29.1 Å². The number of hydrogen-bond acceptors (Lipinski definition) is 4. The molecule has 5 nitrogen and oxygen atoms in total. The van der Waals surface area contributed by atoms with Crippen molar-refractivity contribution in [3.8, 4) is 0 Å². The molecule has 1 aromatic heterocycles. The molecule has 1 aliphatic heterocycles. The Morgan fingerprint density at radius 1 is 0.929 bits per heavy atom. The molecule has 0 saturated carbocycles. The number of aliphatic hydroxyl groups excluding tert-OH is 1. The lowest BCUT2D eigenvalue weighted by atomic mass is 9.78. The monoisotopic (exact) mass is 381 g/mol. The smallest absolute Gasteiger partial charge is 0.248 e. The molecular formula is C21H17F2N3O2. The number of aromatic nitrogens is 1. The minimum absolute atomic E-state index is 0.288. The Kier molecular flexibility index (Phi) is 4.52. The largest absolute Gasteiger partial charge is 0.394 e. The molecule has 4 rings (SSSR count). The van der Waals surface area contributed by atoms with Crippen molar-refractivity contribution in [3.63, 3.8) is 0 Å². The second-order valence-corrected chi connectivity index (χ2v) is 6.55. The van der Waals surface area contributed by atoms with Crippen molar-refractivity contribution in [1.29, 1.82) is 0 Å². The summed E-state index contributed by atoms with van der Waals surface area (Å²) in [6, 6.07) is 15.7. The van der Waals surface area contributed by atoms with Gasteiger partial charge in [-0.25, -0.2) is 8.78 Å². The lowest BCUT2D eigenvalue weighted by Gasteiger charge is -2.35. The maximum atomic E-state index is 13.5. The molecule has 2 aromatic carbocycles. The number of halogens is 2. The number of aliphatic hydroxyl groups is 1. The zero-order valence-electron chi connectivity index (χ0n) is 14.7. The normalized spacial score (nSPS) is 17.8. The number of rotatable bonds is 4. The highest BCUT2D eigenvalue weighted by Crippen LogP contribution is 2.38. The average molecular weight is 381 g/mol. The van der Waals surface area contributed by atoms with Gasteiger partial charge in [-0.05, 0) is 41.5 Å². The first-order valence-electron chi connectivity index (χ1n) is 8.71. The maximum absolute atomic E-state index is 13.5. The third-order valence-corrected chi connectivity index (χ3v) is 4.90. The highest BCUT2D eigenvalue weighted by molar-refractivity contribution is 5.99. The minimum Gasteiger partial charge on any atom is -0.394 e. The van der Waals surface area contributed by atoms with E-state index in [0.29, 0.717) is 22.7 Å². The molecule has 0 fully saturated rings. The van der Waals surface area contributed by atoms with Gasteiger partial charge in [-0.2, -0.15) is 0 Å². The van der Waals surface area contributed by atoms with Gasteiger partial charge in [0.25, 0.3) is 0 Å². The van der Waals surface area contributed by atoms with Crippen molar-refractivity contribution in [3.05, 3.63) is 106 Å². The lowest BCUT2D eigenvalue weighted by Crippen LogP contribution is -2.50. The molecule has 0 saturated heterocycles. The Balaban J connectivity index is 1.89. The van der Waals surface area contributed by atoms with Gasteiger partial charge in [0.2, 0.25) is 5.56 Å². The molecule has 3 N–H and O–H groups in total. The summed E-state index contributed by atoms with van der Waals surface area (Å²) in [5, 5.41) is 13.4. The van der Waals surface area contributed by atoms with E-state index in [2.05, 4.69) is 15.3 Å². The number of nitrogens with zero attached hydrogens (tertiary/aromatic N) is 1. The molecule has 1 aliphatic rings. The molecule has 3 aromatic rings. The lowest BCUT2D eigenvalue weighted by molar-refractivity contribution is 0.225. The van der Waals surface area contributed by atoms with Crippen molar-refractivity contribution in [2.24, 2.45) is 4.99 Å². The number of nitrogens with one attached hydrogen (secondary N) is 2. The zero-order chi connectivity index (χ0) is 19.7. The predicted octanol–water partition coefficient (Wildman–Crippen LogP) is 2.31. The van der Waals surface area contributed by atoms with E-state index in [9.17, 15) is 18.7 Å². The van der Waals surface area contributed by atoms with Crippen molar-refractivity contribution in [2.75, 3.05) is 6.61 Å². The summed E-state index contributed by atoms with van der Waals surface area (Å²) in [6.45, 7) is -0.317. The van der Waals surface area contributed by atoms with Crippen molar-refractivity contribution in [2.45, 2.75) is 11.6 Å². The number of pyridine rings is 1. The van der Waals surface area contributed by atoms with E-state index in [1.165, 1.54) is 30.3 Å². The van der Waals surface area contributed by atoms with Crippen LogP contribution < -0.4 is 10.9 Å². The molecule has 28 heavy (non-hydrogen) atoms. The highest BCUT2D eigenvalue weighted by atomic mass is 19.1. The van der Waals surface area contributed by atoms with Crippen molar-refractivity contribution >= 4 is 5.84 Å². The summed E-state index contributed by atoms with van der Waals surface area (Å²) in [4.78, 5) is 19.0. The third kappa shape index (κ3) is 2.99. The van der Waals surface area contributed by atoms with Crippen LogP contribution in [0.4, 0.5) is 8.78 Å². The number of hydrogen-bond donors (Lipinski definition) is 3. The first kappa shape index (κ1) is 18.1. The highest BCUT2D eigenvalue weighted by Gasteiger charge is 2.47. The Hall–Kier alpha value is -3.32. The molecular weight excluding hydrogens is 364 g/mol. The SMILES string of the molecule is O=c1cccc(C2=N[C@@H](CO)C(c3ccc(F)cc3)(c3ccc(F)cc3)N2)[nH]1. The minimum atomic E-state index is -1.06. The molecule has 0 spiro atoms. The fourth-order valence-corrected chi connectivity index (χ4v) is 3.58. The van der Waals surface area contributed by atoms with Crippen LogP contribution in [-0.4, -0.2) is 28.6 Å². The van der Waals surface area contributed by atoms with Crippen LogP contribution in [0.1, 0.15) is 16.8 Å². The van der Waals surface area contributed by atoms with E-state index in [1.807, 2.05) is 0 Å². The van der Waals surface area contributed by atoms with Crippen LogP contribution in [0.15, 0.2) is 76.5 Å². The summed E-state index contributed by atoms with van der Waals surface area (Å²) >= 11 is 0. The molecule has 1 atom stereocenters. The average Bonchev–Trinajstić information content (AvgIpc) is 3.10. The first-order chi connectivity index (χ1) is 13.5. The molecule has 0 amide bonds. The van der Waals surface area contributed by atoms with Gasteiger partial charge in [-0.1, -0.05) is 30.3 Å². The van der Waals surface area contributed by atoms with Gasteiger partial charge in [0.15, 0.2) is 0 Å².